The summed E-state index contributed by atoms with van der Waals surface area (Å²) in [5.41, 5.74) is 0. The molecule has 0 aromatic rings. The number of hydrogen-bond donors (Lipinski definition) is 2. The third-order valence-corrected chi connectivity index (χ3v) is 8.37. The first-order valence-corrected chi connectivity index (χ1v) is 18.7. The number of amides is 1. The molecule has 254 valence electrons. The fraction of sp³-hybridized carbons (Fsp3) is 0.853. The summed E-state index contributed by atoms with van der Waals surface area (Å²) >= 11 is 0. The zero-order valence-corrected chi connectivity index (χ0v) is 29.3. The minimum Gasteiger partial charge on any atom is -0.756 e. The number of carbonyl (C=O) groups excluding carboxylic acids is 1. The Bertz CT molecular complexity index is 768. The van der Waals surface area contributed by atoms with Gasteiger partial charge in [0.15, 0.2) is 0 Å². The van der Waals surface area contributed by atoms with E-state index in [-0.39, 0.29) is 19.1 Å². The van der Waals surface area contributed by atoms with Gasteiger partial charge in [0.25, 0.3) is 7.82 Å². The maximum atomic E-state index is 12.7. The molecule has 8 nitrogen and oxygen atoms in total. The zero-order valence-electron chi connectivity index (χ0n) is 28.4. The fourth-order valence-electron chi connectivity index (χ4n) is 4.54. The van der Waals surface area contributed by atoms with E-state index >= 15 is 0 Å². The molecule has 0 fully saturated rings. The van der Waals surface area contributed by atoms with Crippen molar-refractivity contribution in [3.05, 3.63) is 24.3 Å². The Kier molecular flexibility index (Phi) is 26.7. The zero-order chi connectivity index (χ0) is 32.2. The number of unbranched alkanes of at least 4 members (excludes halogenated alkanes) is 15. The van der Waals surface area contributed by atoms with Gasteiger partial charge in [0, 0.05) is 6.42 Å². The number of phosphoric ester groups is 1. The number of allylic oxidation sites excluding steroid dienone is 3. The summed E-state index contributed by atoms with van der Waals surface area (Å²) in [4.78, 5) is 25.0. The number of nitrogens with zero attached hydrogens (tertiary/aromatic N) is 1. The molecular formula is C34H67N2O6P. The number of aliphatic hydroxyl groups is 1. The van der Waals surface area contributed by atoms with Crippen LogP contribution in [-0.4, -0.2) is 68.5 Å². The van der Waals surface area contributed by atoms with Crippen LogP contribution in [0.1, 0.15) is 136 Å². The normalized spacial score (nSPS) is 15.2. The van der Waals surface area contributed by atoms with Crippen molar-refractivity contribution < 1.29 is 32.9 Å². The van der Waals surface area contributed by atoms with Crippen molar-refractivity contribution in [3.63, 3.8) is 0 Å². The van der Waals surface area contributed by atoms with Crippen LogP contribution in [0.5, 0.6) is 0 Å². The van der Waals surface area contributed by atoms with Gasteiger partial charge < -0.3 is 28.8 Å². The van der Waals surface area contributed by atoms with Crippen LogP contribution in [0.4, 0.5) is 0 Å². The molecule has 9 heteroatoms. The van der Waals surface area contributed by atoms with Gasteiger partial charge in [-0.05, 0) is 38.5 Å². The third kappa shape index (κ3) is 29.5. The summed E-state index contributed by atoms with van der Waals surface area (Å²) in [5, 5.41) is 13.6. The van der Waals surface area contributed by atoms with Crippen LogP contribution in [0.25, 0.3) is 0 Å². The topological polar surface area (TPSA) is 108 Å². The van der Waals surface area contributed by atoms with Crippen molar-refractivity contribution in [1.82, 2.24) is 5.32 Å². The Morgan fingerprint density at radius 3 is 1.88 bits per heavy atom. The molecule has 43 heavy (non-hydrogen) atoms. The average molecular weight is 631 g/mol. The lowest BCUT2D eigenvalue weighted by atomic mass is 10.1. The highest BCUT2D eigenvalue weighted by molar-refractivity contribution is 7.45. The Hall–Kier alpha value is -1.02. The van der Waals surface area contributed by atoms with E-state index in [2.05, 4.69) is 31.3 Å². The monoisotopic (exact) mass is 630 g/mol. The molecule has 1 amide bonds. The second-order valence-corrected chi connectivity index (χ2v) is 14.3. The first-order chi connectivity index (χ1) is 20.5. The van der Waals surface area contributed by atoms with E-state index in [1.165, 1.54) is 57.8 Å². The van der Waals surface area contributed by atoms with E-state index in [1.54, 1.807) is 6.08 Å². The van der Waals surface area contributed by atoms with Crippen LogP contribution in [0.2, 0.25) is 0 Å². The molecule has 0 aromatic carbocycles. The second-order valence-electron chi connectivity index (χ2n) is 12.9. The SMILES string of the molecule is CCCC/C=C\CCCCCCC(=O)NC(COP(=O)([O-])OCC[N+](C)(C)C)C(O)/C=C/CCCCCCCCCCC. The molecule has 0 spiro atoms. The van der Waals surface area contributed by atoms with E-state index in [1.807, 2.05) is 27.2 Å². The van der Waals surface area contributed by atoms with E-state index in [0.29, 0.717) is 17.4 Å². The van der Waals surface area contributed by atoms with Crippen LogP contribution in [0.3, 0.4) is 0 Å². The van der Waals surface area contributed by atoms with Crippen molar-refractivity contribution in [3.8, 4) is 0 Å². The lowest BCUT2D eigenvalue weighted by Crippen LogP contribution is -2.45. The molecular weight excluding hydrogens is 563 g/mol. The van der Waals surface area contributed by atoms with Gasteiger partial charge in [-0.2, -0.15) is 0 Å². The summed E-state index contributed by atoms with van der Waals surface area (Å²) in [6, 6.07) is -0.885. The van der Waals surface area contributed by atoms with Crippen molar-refractivity contribution in [2.24, 2.45) is 0 Å². The summed E-state index contributed by atoms with van der Waals surface area (Å²) in [7, 11) is 1.25. The Balaban J connectivity index is 4.65. The lowest BCUT2D eigenvalue weighted by molar-refractivity contribution is -0.870. The molecule has 0 aliphatic rings. The van der Waals surface area contributed by atoms with E-state index in [0.717, 1.165) is 57.8 Å². The summed E-state index contributed by atoms with van der Waals surface area (Å²) < 4.78 is 23.0. The van der Waals surface area contributed by atoms with E-state index in [4.69, 9.17) is 9.05 Å². The smallest absolute Gasteiger partial charge is 0.268 e. The molecule has 0 aliphatic heterocycles. The number of rotatable bonds is 30. The highest BCUT2D eigenvalue weighted by Crippen LogP contribution is 2.38. The summed E-state index contributed by atoms with van der Waals surface area (Å²) in [6.45, 7) is 4.54. The standard InChI is InChI=1S/C34H67N2O6P/c1-6-8-10-12-14-16-18-19-21-23-25-27-33(37)32(31-42-43(39,40)41-30-29-36(3,4)5)35-34(38)28-26-24-22-20-17-15-13-11-9-7-2/h13,15,25,27,32-33,37H,6-12,14,16-24,26,28-31H2,1-5H3,(H-,35,38,39,40)/b15-13-,27-25+. The molecule has 0 radical (unpaired) electrons. The Morgan fingerprint density at radius 2 is 1.30 bits per heavy atom. The number of nitrogens with one attached hydrogen (secondary N) is 1. The molecule has 0 rings (SSSR count). The second kappa shape index (κ2) is 27.3. The highest BCUT2D eigenvalue weighted by atomic mass is 31.2. The maximum Gasteiger partial charge on any atom is 0.268 e. The molecule has 0 aliphatic carbocycles. The van der Waals surface area contributed by atoms with Crippen LogP contribution >= 0.6 is 7.82 Å². The largest absolute Gasteiger partial charge is 0.756 e. The van der Waals surface area contributed by atoms with Crippen LogP contribution in [0.15, 0.2) is 24.3 Å². The number of hydrogen-bond acceptors (Lipinski definition) is 6. The highest BCUT2D eigenvalue weighted by Gasteiger charge is 2.23. The Labute approximate surface area is 264 Å². The molecule has 0 saturated heterocycles. The van der Waals surface area contributed by atoms with Crippen molar-refractivity contribution in [2.75, 3.05) is 40.9 Å². The van der Waals surface area contributed by atoms with E-state index in [9.17, 15) is 19.4 Å². The number of carbonyl (C=O) groups is 1. The van der Waals surface area contributed by atoms with Crippen molar-refractivity contribution in [2.45, 2.75) is 148 Å². The van der Waals surface area contributed by atoms with Crippen LogP contribution in [-0.2, 0) is 18.4 Å². The van der Waals surface area contributed by atoms with Gasteiger partial charge in [-0.25, -0.2) is 0 Å². The molecule has 3 unspecified atom stereocenters. The number of quaternary nitrogens is 1. The molecule has 0 heterocycles. The van der Waals surface area contributed by atoms with Crippen LogP contribution < -0.4 is 10.2 Å². The molecule has 0 bridgehead atoms. The van der Waals surface area contributed by atoms with Gasteiger partial charge in [-0.15, -0.1) is 0 Å². The first-order valence-electron chi connectivity index (χ1n) is 17.2. The van der Waals surface area contributed by atoms with Gasteiger partial charge in [-0.1, -0.05) is 115 Å². The van der Waals surface area contributed by atoms with Gasteiger partial charge in [0.2, 0.25) is 5.91 Å². The quantitative estimate of drug-likeness (QED) is 0.0366. The molecule has 0 saturated carbocycles. The predicted molar refractivity (Wildman–Crippen MR) is 178 cm³/mol. The number of aliphatic hydroxyl groups excluding tert-OH is 1. The van der Waals surface area contributed by atoms with Gasteiger partial charge >= 0.3 is 0 Å². The van der Waals surface area contributed by atoms with Crippen LogP contribution in [0, 0.1) is 0 Å². The predicted octanol–water partition coefficient (Wildman–Crippen LogP) is 7.60. The lowest BCUT2D eigenvalue weighted by Gasteiger charge is -2.29. The summed E-state index contributed by atoms with van der Waals surface area (Å²) in [6.07, 6.45) is 27.9. The number of likely N-dealkylation sites (N-methyl/N-ethyl adjacent to an activating group) is 1. The van der Waals surface area contributed by atoms with Gasteiger partial charge in [0.05, 0.1) is 39.9 Å². The van der Waals surface area contributed by atoms with Gasteiger partial charge in [-0.3, -0.25) is 9.36 Å². The third-order valence-electron chi connectivity index (χ3n) is 7.41. The van der Waals surface area contributed by atoms with Crippen molar-refractivity contribution >= 4 is 13.7 Å². The summed E-state index contributed by atoms with van der Waals surface area (Å²) in [5.74, 6) is -0.217. The minimum absolute atomic E-state index is 0.00295. The van der Waals surface area contributed by atoms with Gasteiger partial charge in [0.1, 0.15) is 13.2 Å². The first kappa shape index (κ1) is 42.0. The minimum atomic E-state index is -4.57. The molecule has 2 N–H and O–H groups in total. The van der Waals surface area contributed by atoms with E-state index < -0.39 is 20.0 Å². The molecule has 3 atom stereocenters. The molecule has 0 aromatic heterocycles. The maximum absolute atomic E-state index is 12.7. The van der Waals surface area contributed by atoms with Crippen molar-refractivity contribution in [1.29, 1.82) is 0 Å². The Morgan fingerprint density at radius 1 is 0.791 bits per heavy atom. The average Bonchev–Trinajstić information content (AvgIpc) is 2.94. The fourth-order valence-corrected chi connectivity index (χ4v) is 5.26. The number of phosphoric acid groups is 1.